The Morgan fingerprint density at radius 2 is 2.10 bits per heavy atom. The second-order valence-corrected chi connectivity index (χ2v) is 6.96. The zero-order valence-electron chi connectivity index (χ0n) is 13.6. The number of hydrogen-bond acceptors (Lipinski definition) is 3. The van der Waals surface area contributed by atoms with Crippen molar-refractivity contribution >= 4 is 0 Å². The lowest BCUT2D eigenvalue weighted by molar-refractivity contribution is 0.0838. The maximum absolute atomic E-state index is 4.54. The van der Waals surface area contributed by atoms with Crippen LogP contribution in [0.2, 0.25) is 0 Å². The van der Waals surface area contributed by atoms with Crippen LogP contribution < -0.4 is 5.32 Å². The fourth-order valence-electron chi connectivity index (χ4n) is 3.22. The van der Waals surface area contributed by atoms with Crippen LogP contribution >= 0.6 is 0 Å². The summed E-state index contributed by atoms with van der Waals surface area (Å²) in [4.78, 5) is 2.62. The molecule has 1 aromatic heterocycles. The van der Waals surface area contributed by atoms with Crippen LogP contribution in [0, 0.1) is 11.8 Å². The van der Waals surface area contributed by atoms with Crippen molar-refractivity contribution in [2.75, 3.05) is 13.1 Å². The Hall–Kier alpha value is -0.870. The minimum absolute atomic E-state index is 0.611. The topological polar surface area (TPSA) is 33.1 Å². The highest BCUT2D eigenvalue weighted by molar-refractivity contribution is 5.01. The number of piperazine rings is 1. The van der Waals surface area contributed by atoms with E-state index in [9.17, 15) is 0 Å². The van der Waals surface area contributed by atoms with Gasteiger partial charge in [-0.3, -0.25) is 9.58 Å². The van der Waals surface area contributed by atoms with E-state index in [1.165, 1.54) is 12.1 Å². The van der Waals surface area contributed by atoms with Crippen LogP contribution in [0.3, 0.4) is 0 Å². The molecule has 1 N–H and O–H groups in total. The van der Waals surface area contributed by atoms with Crippen molar-refractivity contribution in [3.8, 4) is 0 Å². The third-order valence-corrected chi connectivity index (χ3v) is 4.20. The van der Waals surface area contributed by atoms with Gasteiger partial charge in [0.25, 0.3) is 0 Å². The number of aromatic nitrogens is 2. The van der Waals surface area contributed by atoms with Crippen LogP contribution in [0.15, 0.2) is 12.3 Å². The quantitative estimate of drug-likeness (QED) is 0.897. The first-order chi connectivity index (χ1) is 9.45. The fraction of sp³-hybridized carbons (Fsp3) is 0.812. The molecule has 0 radical (unpaired) electrons. The first-order valence-electron chi connectivity index (χ1n) is 7.91. The summed E-state index contributed by atoms with van der Waals surface area (Å²) in [6.07, 6.45) is 3.29. The normalized spacial score (nSPS) is 24.8. The predicted molar refractivity (Wildman–Crippen MR) is 83.5 cm³/mol. The van der Waals surface area contributed by atoms with Crippen molar-refractivity contribution in [1.29, 1.82) is 0 Å². The average molecular weight is 278 g/mol. The van der Waals surface area contributed by atoms with Crippen molar-refractivity contribution in [1.82, 2.24) is 20.0 Å². The highest BCUT2D eigenvalue weighted by Crippen LogP contribution is 2.20. The van der Waals surface area contributed by atoms with E-state index in [1.54, 1.807) is 0 Å². The molecular weight excluding hydrogens is 248 g/mol. The lowest BCUT2D eigenvalue weighted by Gasteiger charge is -2.42. The Labute approximate surface area is 123 Å². The Balaban J connectivity index is 2.02. The van der Waals surface area contributed by atoms with Gasteiger partial charge >= 0.3 is 0 Å². The van der Waals surface area contributed by atoms with Crippen LogP contribution in [-0.2, 0) is 13.6 Å². The van der Waals surface area contributed by atoms with Crippen LogP contribution in [0.1, 0.15) is 39.8 Å². The largest absolute Gasteiger partial charge is 0.311 e. The van der Waals surface area contributed by atoms with Crippen molar-refractivity contribution in [3.63, 3.8) is 0 Å². The molecule has 20 heavy (non-hydrogen) atoms. The molecule has 1 aliphatic heterocycles. The highest BCUT2D eigenvalue weighted by atomic mass is 15.3. The molecule has 2 heterocycles. The molecule has 4 heteroatoms. The third-order valence-electron chi connectivity index (χ3n) is 4.20. The highest BCUT2D eigenvalue weighted by Gasteiger charge is 2.30. The van der Waals surface area contributed by atoms with Gasteiger partial charge in [-0.05, 0) is 24.3 Å². The van der Waals surface area contributed by atoms with E-state index >= 15 is 0 Å². The molecule has 114 valence electrons. The SMILES string of the molecule is CC(C)CC1CN(Cc2ccn(C)n2)C(C(C)C)CN1. The Morgan fingerprint density at radius 1 is 1.35 bits per heavy atom. The molecule has 4 nitrogen and oxygen atoms in total. The number of nitrogens with one attached hydrogen (secondary N) is 1. The van der Waals surface area contributed by atoms with Gasteiger partial charge in [0.2, 0.25) is 0 Å². The molecule has 1 aromatic rings. The minimum Gasteiger partial charge on any atom is -0.311 e. The summed E-state index contributed by atoms with van der Waals surface area (Å²) in [6, 6.07) is 3.37. The van der Waals surface area contributed by atoms with E-state index in [4.69, 9.17) is 0 Å². The molecule has 2 rings (SSSR count). The molecule has 1 fully saturated rings. The summed E-state index contributed by atoms with van der Waals surface area (Å²) in [5.74, 6) is 1.42. The van der Waals surface area contributed by atoms with E-state index in [0.29, 0.717) is 18.0 Å². The molecule has 1 aliphatic rings. The summed E-state index contributed by atoms with van der Waals surface area (Å²) in [5, 5.41) is 8.27. The fourth-order valence-corrected chi connectivity index (χ4v) is 3.22. The maximum Gasteiger partial charge on any atom is 0.0764 e. The first kappa shape index (κ1) is 15.5. The van der Waals surface area contributed by atoms with Crippen molar-refractivity contribution in [2.24, 2.45) is 18.9 Å². The molecule has 0 saturated carbocycles. The summed E-state index contributed by atoms with van der Waals surface area (Å²) in [6.45, 7) is 12.5. The van der Waals surface area contributed by atoms with E-state index < -0.39 is 0 Å². The zero-order valence-corrected chi connectivity index (χ0v) is 13.6. The van der Waals surface area contributed by atoms with Crippen molar-refractivity contribution in [3.05, 3.63) is 18.0 Å². The van der Waals surface area contributed by atoms with Gasteiger partial charge in [-0.15, -0.1) is 0 Å². The lowest BCUT2D eigenvalue weighted by atomic mass is 9.95. The van der Waals surface area contributed by atoms with Crippen LogP contribution in [-0.4, -0.2) is 39.9 Å². The standard InChI is InChI=1S/C16H30N4/c1-12(2)8-15-11-20(16(9-17-15)13(3)4)10-14-6-7-19(5)18-14/h6-7,12-13,15-17H,8-11H2,1-5H3. The van der Waals surface area contributed by atoms with Gasteiger partial charge in [0.05, 0.1) is 5.69 Å². The number of rotatable bonds is 5. The van der Waals surface area contributed by atoms with Gasteiger partial charge < -0.3 is 5.32 Å². The second-order valence-electron chi connectivity index (χ2n) is 6.96. The summed E-state index contributed by atoms with van der Waals surface area (Å²) in [7, 11) is 1.99. The maximum atomic E-state index is 4.54. The predicted octanol–water partition coefficient (Wildman–Crippen LogP) is 2.26. The third kappa shape index (κ3) is 4.06. The minimum atomic E-state index is 0.611. The molecule has 0 aromatic carbocycles. The van der Waals surface area contributed by atoms with Crippen molar-refractivity contribution in [2.45, 2.75) is 52.7 Å². The molecular formula is C16H30N4. The molecule has 1 saturated heterocycles. The van der Waals surface area contributed by atoms with E-state index in [1.807, 2.05) is 17.9 Å². The van der Waals surface area contributed by atoms with Gasteiger partial charge in [-0.25, -0.2) is 0 Å². The Morgan fingerprint density at radius 3 is 2.65 bits per heavy atom. The van der Waals surface area contributed by atoms with Gasteiger partial charge in [0, 0.05) is 45.0 Å². The number of nitrogens with zero attached hydrogens (tertiary/aromatic N) is 3. The van der Waals surface area contributed by atoms with Gasteiger partial charge in [-0.1, -0.05) is 27.7 Å². The van der Waals surface area contributed by atoms with Crippen LogP contribution in [0.4, 0.5) is 0 Å². The molecule has 0 spiro atoms. The van der Waals surface area contributed by atoms with Gasteiger partial charge in [-0.2, -0.15) is 5.10 Å². The molecule has 2 atom stereocenters. The van der Waals surface area contributed by atoms with E-state index in [2.05, 4.69) is 49.1 Å². The lowest BCUT2D eigenvalue weighted by Crippen LogP contribution is -2.58. The number of hydrogen-bond donors (Lipinski definition) is 1. The summed E-state index contributed by atoms with van der Waals surface area (Å²) in [5.41, 5.74) is 1.18. The van der Waals surface area contributed by atoms with Gasteiger partial charge in [0.15, 0.2) is 0 Å². The number of aryl methyl sites for hydroxylation is 1. The smallest absolute Gasteiger partial charge is 0.0764 e. The van der Waals surface area contributed by atoms with Gasteiger partial charge in [0.1, 0.15) is 0 Å². The van der Waals surface area contributed by atoms with Crippen molar-refractivity contribution < 1.29 is 0 Å². The van der Waals surface area contributed by atoms with Crippen LogP contribution in [0.25, 0.3) is 0 Å². The Bertz CT molecular complexity index is 410. The molecule has 0 aliphatic carbocycles. The van der Waals surface area contributed by atoms with E-state index in [0.717, 1.165) is 25.6 Å². The molecule has 0 bridgehead atoms. The summed E-state index contributed by atoms with van der Waals surface area (Å²) < 4.78 is 1.90. The van der Waals surface area contributed by atoms with Crippen LogP contribution in [0.5, 0.6) is 0 Å². The monoisotopic (exact) mass is 278 g/mol. The second kappa shape index (κ2) is 6.72. The van der Waals surface area contributed by atoms with E-state index in [-0.39, 0.29) is 0 Å². The zero-order chi connectivity index (χ0) is 14.7. The Kier molecular flexibility index (Phi) is 5.22. The first-order valence-corrected chi connectivity index (χ1v) is 7.91. The summed E-state index contributed by atoms with van der Waals surface area (Å²) >= 11 is 0. The molecule has 0 amide bonds. The molecule has 2 unspecified atom stereocenters. The average Bonchev–Trinajstić information content (AvgIpc) is 2.73.